The minimum Gasteiger partial charge on any atom is -0.493 e. The van der Waals surface area contributed by atoms with Crippen LogP contribution in [0.5, 0.6) is 11.5 Å². The van der Waals surface area contributed by atoms with E-state index in [4.69, 9.17) is 9.47 Å². The molecule has 6 nitrogen and oxygen atoms in total. The number of ether oxygens (including phenoxy) is 3. The number of carbonyl (C=O) groups excluding carboxylic acids is 1. The first kappa shape index (κ1) is 17.3. The van der Waals surface area contributed by atoms with Crippen molar-refractivity contribution < 1.29 is 24.1 Å². The van der Waals surface area contributed by atoms with Crippen molar-refractivity contribution in [3.63, 3.8) is 0 Å². The molecule has 0 bridgehead atoms. The van der Waals surface area contributed by atoms with Gasteiger partial charge in [-0.15, -0.1) is 0 Å². The second-order valence-corrected chi connectivity index (χ2v) is 4.98. The minimum absolute atomic E-state index is 0.0786. The molecule has 1 rings (SSSR count). The summed E-state index contributed by atoms with van der Waals surface area (Å²) >= 11 is 0. The summed E-state index contributed by atoms with van der Waals surface area (Å²) in [6.45, 7) is 3.41. The topological polar surface area (TPSA) is 77.0 Å². The molecule has 0 aliphatic rings. The van der Waals surface area contributed by atoms with Crippen LogP contribution >= 0.6 is 0 Å². The van der Waals surface area contributed by atoms with Crippen LogP contribution in [0.4, 0.5) is 0 Å². The first-order valence-electron chi connectivity index (χ1n) is 6.61. The largest absolute Gasteiger partial charge is 0.493 e. The highest BCUT2D eigenvalue weighted by atomic mass is 16.5. The van der Waals surface area contributed by atoms with E-state index in [9.17, 15) is 9.90 Å². The molecule has 1 aromatic rings. The number of rotatable bonds is 7. The van der Waals surface area contributed by atoms with Gasteiger partial charge in [-0.2, -0.15) is 0 Å². The fourth-order valence-electron chi connectivity index (χ4n) is 1.88. The zero-order valence-electron chi connectivity index (χ0n) is 13.1. The van der Waals surface area contributed by atoms with E-state index in [0.717, 1.165) is 5.56 Å². The molecule has 1 aromatic carbocycles. The van der Waals surface area contributed by atoms with E-state index in [1.807, 2.05) is 25.1 Å². The van der Waals surface area contributed by atoms with Crippen molar-refractivity contribution in [2.24, 2.45) is 0 Å². The van der Waals surface area contributed by atoms with E-state index in [1.54, 1.807) is 14.2 Å². The Morgan fingerprint density at radius 1 is 1.29 bits per heavy atom. The molecular formula is C15H23NO5. The Morgan fingerprint density at radius 2 is 1.90 bits per heavy atom. The zero-order chi connectivity index (χ0) is 16.0. The summed E-state index contributed by atoms with van der Waals surface area (Å²) < 4.78 is 15.0. The average molecular weight is 297 g/mol. The Kier molecular flexibility index (Phi) is 5.99. The number of aliphatic hydroxyl groups is 1. The Hall–Kier alpha value is -1.79. The lowest BCUT2D eigenvalue weighted by atomic mass is 10.0. The van der Waals surface area contributed by atoms with Crippen LogP contribution in [0, 0.1) is 0 Å². The van der Waals surface area contributed by atoms with Crippen molar-refractivity contribution in [1.82, 2.24) is 5.32 Å². The molecule has 0 radical (unpaired) electrons. The fraction of sp³-hybridized carbons (Fsp3) is 0.533. The maximum Gasteiger partial charge on any atom is 0.338 e. The van der Waals surface area contributed by atoms with Crippen LogP contribution in [0.2, 0.25) is 0 Å². The number of hydrogen-bond acceptors (Lipinski definition) is 6. The summed E-state index contributed by atoms with van der Waals surface area (Å²) in [5, 5.41) is 13.1. The van der Waals surface area contributed by atoms with Gasteiger partial charge in [0.15, 0.2) is 17.1 Å². The number of hydrogen-bond donors (Lipinski definition) is 2. The first-order chi connectivity index (χ1) is 9.85. The molecular weight excluding hydrogens is 274 g/mol. The smallest absolute Gasteiger partial charge is 0.338 e. The quantitative estimate of drug-likeness (QED) is 0.738. The number of benzene rings is 1. The van der Waals surface area contributed by atoms with Crippen LogP contribution in [-0.4, -0.2) is 44.6 Å². The van der Waals surface area contributed by atoms with Crippen LogP contribution in [0.3, 0.4) is 0 Å². The molecule has 0 heterocycles. The standard InChI is InChI=1S/C15H23NO5/c1-10(16-9-15(2,18)14(17)21-5)11-6-7-12(19-3)13(8-11)20-4/h6-8,10,16,18H,9H2,1-5H3. The summed E-state index contributed by atoms with van der Waals surface area (Å²) in [5.74, 6) is 0.605. The highest BCUT2D eigenvalue weighted by Crippen LogP contribution is 2.29. The molecule has 0 amide bonds. The molecule has 6 heteroatoms. The van der Waals surface area contributed by atoms with E-state index in [0.29, 0.717) is 11.5 Å². The normalized spacial score (nSPS) is 15.0. The van der Waals surface area contributed by atoms with Gasteiger partial charge in [0, 0.05) is 12.6 Å². The number of methoxy groups -OCH3 is 3. The molecule has 0 spiro atoms. The van der Waals surface area contributed by atoms with Gasteiger partial charge in [0.1, 0.15) is 0 Å². The van der Waals surface area contributed by atoms with Gasteiger partial charge in [-0.05, 0) is 31.5 Å². The van der Waals surface area contributed by atoms with Crippen LogP contribution in [-0.2, 0) is 9.53 Å². The minimum atomic E-state index is -1.57. The highest BCUT2D eigenvalue weighted by Gasteiger charge is 2.31. The predicted molar refractivity (Wildman–Crippen MR) is 78.6 cm³/mol. The third-order valence-electron chi connectivity index (χ3n) is 3.29. The van der Waals surface area contributed by atoms with Gasteiger partial charge in [-0.1, -0.05) is 6.07 Å². The van der Waals surface area contributed by atoms with Gasteiger partial charge in [-0.3, -0.25) is 0 Å². The van der Waals surface area contributed by atoms with Gasteiger partial charge in [0.2, 0.25) is 0 Å². The number of carbonyl (C=O) groups is 1. The van der Waals surface area contributed by atoms with Gasteiger partial charge in [0.05, 0.1) is 21.3 Å². The second-order valence-electron chi connectivity index (χ2n) is 4.98. The maximum atomic E-state index is 11.4. The SMILES string of the molecule is COC(=O)C(C)(O)CNC(C)c1ccc(OC)c(OC)c1. The van der Waals surface area contributed by atoms with E-state index in [-0.39, 0.29) is 12.6 Å². The molecule has 0 aromatic heterocycles. The Balaban J connectivity index is 2.76. The predicted octanol–water partition coefficient (Wildman–Crippen LogP) is 1.28. The van der Waals surface area contributed by atoms with Crippen molar-refractivity contribution in [2.75, 3.05) is 27.9 Å². The van der Waals surface area contributed by atoms with Crippen LogP contribution in [0.15, 0.2) is 18.2 Å². The molecule has 118 valence electrons. The van der Waals surface area contributed by atoms with Crippen molar-refractivity contribution in [3.05, 3.63) is 23.8 Å². The molecule has 2 atom stereocenters. The third-order valence-corrected chi connectivity index (χ3v) is 3.29. The summed E-state index contributed by atoms with van der Waals surface area (Å²) in [6.07, 6.45) is 0. The highest BCUT2D eigenvalue weighted by molar-refractivity contribution is 5.78. The molecule has 21 heavy (non-hydrogen) atoms. The van der Waals surface area contributed by atoms with Crippen molar-refractivity contribution in [3.8, 4) is 11.5 Å². The van der Waals surface area contributed by atoms with Gasteiger partial charge < -0.3 is 24.6 Å². The molecule has 0 saturated carbocycles. The van der Waals surface area contributed by atoms with E-state index in [1.165, 1.54) is 14.0 Å². The van der Waals surface area contributed by atoms with Gasteiger partial charge >= 0.3 is 5.97 Å². The van der Waals surface area contributed by atoms with E-state index >= 15 is 0 Å². The van der Waals surface area contributed by atoms with Crippen LogP contribution in [0.1, 0.15) is 25.5 Å². The molecule has 2 unspecified atom stereocenters. The molecule has 0 aliphatic carbocycles. The number of nitrogens with one attached hydrogen (secondary N) is 1. The lowest BCUT2D eigenvalue weighted by Gasteiger charge is -2.24. The summed E-state index contributed by atoms with van der Waals surface area (Å²) in [4.78, 5) is 11.4. The second kappa shape index (κ2) is 7.28. The van der Waals surface area contributed by atoms with E-state index < -0.39 is 11.6 Å². The summed E-state index contributed by atoms with van der Waals surface area (Å²) in [5.41, 5.74) is -0.618. The average Bonchev–Trinajstić information content (AvgIpc) is 2.50. The Morgan fingerprint density at radius 3 is 2.43 bits per heavy atom. The van der Waals surface area contributed by atoms with Gasteiger partial charge in [0.25, 0.3) is 0 Å². The first-order valence-corrected chi connectivity index (χ1v) is 6.61. The molecule has 2 N–H and O–H groups in total. The van der Waals surface area contributed by atoms with E-state index in [2.05, 4.69) is 10.1 Å². The lowest BCUT2D eigenvalue weighted by Crippen LogP contribution is -2.46. The Labute approximate surface area is 125 Å². The monoisotopic (exact) mass is 297 g/mol. The maximum absolute atomic E-state index is 11.4. The lowest BCUT2D eigenvalue weighted by molar-refractivity contribution is -0.160. The van der Waals surface area contributed by atoms with Crippen LogP contribution in [0.25, 0.3) is 0 Å². The summed E-state index contributed by atoms with van der Waals surface area (Å²) in [7, 11) is 4.39. The Bertz CT molecular complexity index is 487. The zero-order valence-corrected chi connectivity index (χ0v) is 13.1. The molecule has 0 aliphatic heterocycles. The summed E-state index contributed by atoms with van der Waals surface area (Å²) in [6, 6.07) is 5.47. The van der Waals surface area contributed by atoms with Crippen LogP contribution < -0.4 is 14.8 Å². The molecule has 0 fully saturated rings. The third kappa shape index (κ3) is 4.34. The van der Waals surface area contributed by atoms with Crippen molar-refractivity contribution in [1.29, 1.82) is 0 Å². The van der Waals surface area contributed by atoms with Crippen molar-refractivity contribution >= 4 is 5.97 Å². The number of esters is 1. The molecule has 0 saturated heterocycles. The fourth-order valence-corrected chi connectivity index (χ4v) is 1.88. The van der Waals surface area contributed by atoms with Crippen molar-refractivity contribution in [2.45, 2.75) is 25.5 Å². The van der Waals surface area contributed by atoms with Gasteiger partial charge in [-0.25, -0.2) is 4.79 Å².